The Morgan fingerprint density at radius 2 is 2.27 bits per heavy atom. The second-order valence-electron chi connectivity index (χ2n) is 3.35. The van der Waals surface area contributed by atoms with Gasteiger partial charge in [-0.15, -0.1) is 0 Å². The van der Waals surface area contributed by atoms with Crippen LogP contribution in [0.5, 0.6) is 0 Å². The number of hydrogen-bond acceptors (Lipinski definition) is 3. The average molecular weight is 264 g/mol. The van der Waals surface area contributed by atoms with Crippen molar-refractivity contribution in [2.75, 3.05) is 0 Å². The Bertz CT molecular complexity index is 521. The maximum atomic E-state index is 11.5. The van der Waals surface area contributed by atoms with Gasteiger partial charge in [0.05, 0.1) is 12.0 Å². The quantitative estimate of drug-likeness (QED) is 0.762. The van der Waals surface area contributed by atoms with Crippen LogP contribution in [0.1, 0.15) is 11.6 Å². The highest BCUT2D eigenvalue weighted by Gasteiger charge is 2.33. The molecule has 15 heavy (non-hydrogen) atoms. The van der Waals surface area contributed by atoms with Gasteiger partial charge in [-0.1, -0.05) is 15.9 Å². The number of nitrogens with one attached hydrogen (secondary N) is 1. The smallest absolute Gasteiger partial charge is 0.273 e. The molecule has 0 saturated heterocycles. The Morgan fingerprint density at radius 3 is 3.13 bits per heavy atom. The third kappa shape index (κ3) is 1.23. The molecule has 1 aromatic carbocycles. The average Bonchev–Trinajstić information content (AvgIpc) is 2.58. The molecule has 2 aliphatic heterocycles. The van der Waals surface area contributed by atoms with Gasteiger partial charge in [-0.05, 0) is 18.2 Å². The maximum absolute atomic E-state index is 11.5. The lowest BCUT2D eigenvalue weighted by Crippen LogP contribution is -2.36. The fourth-order valence-electron chi connectivity index (χ4n) is 1.75. The van der Waals surface area contributed by atoms with Gasteiger partial charge in [0.1, 0.15) is 11.8 Å². The van der Waals surface area contributed by atoms with Gasteiger partial charge in [0.2, 0.25) is 0 Å². The third-order valence-corrected chi connectivity index (χ3v) is 2.93. The number of nitrogens with zero attached hydrogens (tertiary/aromatic N) is 2. The lowest BCUT2D eigenvalue weighted by molar-refractivity contribution is -0.113. The van der Waals surface area contributed by atoms with E-state index in [0.29, 0.717) is 5.71 Å². The summed E-state index contributed by atoms with van der Waals surface area (Å²) in [7, 11) is 0. The Balaban J connectivity index is 2.19. The van der Waals surface area contributed by atoms with E-state index in [9.17, 15) is 4.79 Å². The van der Waals surface area contributed by atoms with Gasteiger partial charge in [0, 0.05) is 10.0 Å². The summed E-state index contributed by atoms with van der Waals surface area (Å²) in [6.07, 6.45) is 1.43. The van der Waals surface area contributed by atoms with E-state index in [2.05, 4.69) is 31.2 Å². The first kappa shape index (κ1) is 8.79. The summed E-state index contributed by atoms with van der Waals surface area (Å²) in [4.78, 5) is 20.0. The van der Waals surface area contributed by atoms with E-state index >= 15 is 0 Å². The Hall–Kier alpha value is -1.49. The molecule has 0 saturated carbocycles. The van der Waals surface area contributed by atoms with Gasteiger partial charge in [0.15, 0.2) is 0 Å². The summed E-state index contributed by atoms with van der Waals surface area (Å²) >= 11 is 3.39. The predicted octanol–water partition coefficient (Wildman–Crippen LogP) is 1.73. The largest absolute Gasteiger partial charge is 0.312 e. The third-order valence-electron chi connectivity index (χ3n) is 2.44. The van der Waals surface area contributed by atoms with Crippen molar-refractivity contribution in [2.45, 2.75) is 6.04 Å². The van der Waals surface area contributed by atoms with E-state index in [4.69, 9.17) is 0 Å². The number of carbonyl (C=O) groups is 1. The standard InChI is InChI=1S/C10H6BrN3O/c11-5-1-2-7-6(3-5)8-9(14-7)10(15)13-4-12-8/h1-4,8H,(H,12,13,15). The van der Waals surface area contributed by atoms with Gasteiger partial charge >= 0.3 is 0 Å². The molecule has 2 aliphatic rings. The molecule has 74 valence electrons. The first-order chi connectivity index (χ1) is 7.25. The molecule has 5 heteroatoms. The monoisotopic (exact) mass is 263 g/mol. The number of rotatable bonds is 0. The summed E-state index contributed by atoms with van der Waals surface area (Å²) in [5, 5.41) is 2.53. The lowest BCUT2D eigenvalue weighted by atomic mass is 10.0. The van der Waals surface area contributed by atoms with Crippen LogP contribution in [0, 0.1) is 0 Å². The molecule has 1 amide bonds. The second-order valence-corrected chi connectivity index (χ2v) is 4.27. The highest BCUT2D eigenvalue weighted by atomic mass is 79.9. The van der Waals surface area contributed by atoms with Crippen LogP contribution in [0.25, 0.3) is 0 Å². The molecule has 0 bridgehead atoms. The first-order valence-electron chi connectivity index (χ1n) is 4.46. The van der Waals surface area contributed by atoms with Crippen LogP contribution in [0.15, 0.2) is 32.7 Å². The normalized spacial score (nSPS) is 21.8. The van der Waals surface area contributed by atoms with Gasteiger partial charge < -0.3 is 5.32 Å². The molecule has 0 radical (unpaired) electrons. The summed E-state index contributed by atoms with van der Waals surface area (Å²) in [5.41, 5.74) is 2.28. The van der Waals surface area contributed by atoms with Crippen molar-refractivity contribution in [3.63, 3.8) is 0 Å². The molecule has 2 heterocycles. The Morgan fingerprint density at radius 1 is 1.40 bits per heavy atom. The van der Waals surface area contributed by atoms with Crippen molar-refractivity contribution in [1.29, 1.82) is 0 Å². The summed E-state index contributed by atoms with van der Waals surface area (Å²) < 4.78 is 0.971. The minimum Gasteiger partial charge on any atom is -0.312 e. The SMILES string of the molecule is O=C1NC=NC2C1=Nc1ccc(Br)cc12. The lowest BCUT2D eigenvalue weighted by Gasteiger charge is -2.13. The van der Waals surface area contributed by atoms with E-state index in [1.165, 1.54) is 6.34 Å². The zero-order valence-electron chi connectivity index (χ0n) is 7.57. The van der Waals surface area contributed by atoms with Crippen molar-refractivity contribution >= 4 is 39.6 Å². The molecule has 4 nitrogen and oxygen atoms in total. The number of amides is 1. The Labute approximate surface area is 94.2 Å². The molecule has 1 aromatic rings. The Kier molecular flexibility index (Phi) is 1.76. The number of hydrogen-bond donors (Lipinski definition) is 1. The number of benzene rings is 1. The number of fused-ring (bicyclic) bond motifs is 3. The second kappa shape index (κ2) is 3.00. The topological polar surface area (TPSA) is 53.8 Å². The van der Waals surface area contributed by atoms with Crippen LogP contribution in [0.4, 0.5) is 5.69 Å². The first-order valence-corrected chi connectivity index (χ1v) is 5.25. The van der Waals surface area contributed by atoms with Crippen molar-refractivity contribution in [1.82, 2.24) is 5.32 Å². The molecule has 1 atom stereocenters. The zero-order valence-corrected chi connectivity index (χ0v) is 9.15. The summed E-state index contributed by atoms with van der Waals surface area (Å²) in [6, 6.07) is 5.51. The van der Waals surface area contributed by atoms with E-state index in [0.717, 1.165) is 15.7 Å². The number of carbonyl (C=O) groups excluding carboxylic acids is 1. The van der Waals surface area contributed by atoms with Gasteiger partial charge in [-0.25, -0.2) is 4.99 Å². The molecule has 0 aromatic heterocycles. The van der Waals surface area contributed by atoms with E-state index in [1.54, 1.807) is 0 Å². The van der Waals surface area contributed by atoms with Crippen LogP contribution < -0.4 is 5.32 Å². The highest BCUT2D eigenvalue weighted by molar-refractivity contribution is 9.10. The summed E-state index contributed by atoms with van der Waals surface area (Å²) in [5.74, 6) is -0.165. The van der Waals surface area contributed by atoms with E-state index in [1.807, 2.05) is 18.2 Å². The molecule has 0 fully saturated rings. The molecule has 0 aliphatic carbocycles. The minimum absolute atomic E-state index is 0.165. The molecule has 0 spiro atoms. The van der Waals surface area contributed by atoms with Crippen LogP contribution in [0.3, 0.4) is 0 Å². The van der Waals surface area contributed by atoms with Crippen molar-refractivity contribution < 1.29 is 4.79 Å². The van der Waals surface area contributed by atoms with E-state index in [-0.39, 0.29) is 11.9 Å². The van der Waals surface area contributed by atoms with Crippen LogP contribution in [-0.2, 0) is 4.79 Å². The van der Waals surface area contributed by atoms with Crippen molar-refractivity contribution in [3.05, 3.63) is 28.2 Å². The number of halogens is 1. The maximum Gasteiger partial charge on any atom is 0.273 e. The zero-order chi connectivity index (χ0) is 10.4. The minimum atomic E-state index is -0.230. The molecular formula is C10H6BrN3O. The molecular weight excluding hydrogens is 258 g/mol. The van der Waals surface area contributed by atoms with Crippen LogP contribution >= 0.6 is 15.9 Å². The van der Waals surface area contributed by atoms with Crippen LogP contribution in [-0.4, -0.2) is 18.0 Å². The van der Waals surface area contributed by atoms with Gasteiger partial charge in [-0.3, -0.25) is 9.79 Å². The summed E-state index contributed by atoms with van der Waals surface area (Å²) in [6.45, 7) is 0. The molecule has 1 N–H and O–H groups in total. The van der Waals surface area contributed by atoms with Gasteiger partial charge in [-0.2, -0.15) is 0 Å². The fourth-order valence-corrected chi connectivity index (χ4v) is 2.13. The van der Waals surface area contributed by atoms with Crippen molar-refractivity contribution in [2.24, 2.45) is 9.98 Å². The molecule has 1 unspecified atom stereocenters. The van der Waals surface area contributed by atoms with E-state index < -0.39 is 0 Å². The van der Waals surface area contributed by atoms with Gasteiger partial charge in [0.25, 0.3) is 5.91 Å². The van der Waals surface area contributed by atoms with Crippen molar-refractivity contribution in [3.8, 4) is 0 Å². The van der Waals surface area contributed by atoms with Crippen LogP contribution in [0.2, 0.25) is 0 Å². The molecule has 3 rings (SSSR count). The fraction of sp³-hybridized carbons (Fsp3) is 0.100. The highest BCUT2D eigenvalue weighted by Crippen LogP contribution is 2.38. The predicted molar refractivity (Wildman–Crippen MR) is 60.6 cm³/mol. The number of aliphatic imine (C=N–C) groups is 2.